The molecule has 0 aliphatic carbocycles. The van der Waals surface area contributed by atoms with Crippen LogP contribution in [0.1, 0.15) is 41.3 Å². The molecule has 0 aliphatic rings. The van der Waals surface area contributed by atoms with Crippen molar-refractivity contribution in [2.75, 3.05) is 32.6 Å². The van der Waals surface area contributed by atoms with Crippen LogP contribution in [0.2, 0.25) is 0 Å². The van der Waals surface area contributed by atoms with Gasteiger partial charge in [0.25, 0.3) is 5.91 Å². The van der Waals surface area contributed by atoms with E-state index in [4.69, 9.17) is 4.74 Å². The molecule has 0 radical (unpaired) electrons. The molecule has 2 aromatic rings. The van der Waals surface area contributed by atoms with E-state index < -0.39 is 0 Å². The van der Waals surface area contributed by atoms with Crippen molar-refractivity contribution < 1.29 is 14.3 Å². The van der Waals surface area contributed by atoms with Gasteiger partial charge < -0.3 is 20.7 Å². The maximum Gasteiger partial charge on any atom is 0.251 e. The zero-order valence-corrected chi connectivity index (χ0v) is 17.0. The van der Waals surface area contributed by atoms with Crippen molar-refractivity contribution in [3.63, 3.8) is 0 Å². The Morgan fingerprint density at radius 2 is 1.79 bits per heavy atom. The minimum absolute atomic E-state index is 0.0971. The van der Waals surface area contributed by atoms with Crippen molar-refractivity contribution in [3.05, 3.63) is 59.2 Å². The van der Waals surface area contributed by atoms with E-state index in [0.717, 1.165) is 6.42 Å². The molecule has 2 rings (SSSR count). The Balaban J connectivity index is 1.84. The van der Waals surface area contributed by atoms with Gasteiger partial charge in [0, 0.05) is 19.2 Å². The van der Waals surface area contributed by atoms with E-state index in [1.807, 2.05) is 0 Å². The van der Waals surface area contributed by atoms with Crippen molar-refractivity contribution in [1.29, 1.82) is 0 Å². The Kier molecular flexibility index (Phi) is 7.87. The van der Waals surface area contributed by atoms with Gasteiger partial charge in [0.1, 0.15) is 5.75 Å². The molecule has 0 bridgehead atoms. The monoisotopic (exact) mass is 383 g/mol. The van der Waals surface area contributed by atoms with Crippen LogP contribution in [-0.4, -0.2) is 39.1 Å². The molecular weight excluding hydrogens is 354 g/mol. The van der Waals surface area contributed by atoms with Gasteiger partial charge in [-0.1, -0.05) is 38.1 Å². The maximum atomic E-state index is 12.1. The molecule has 0 atom stereocenters. The van der Waals surface area contributed by atoms with Gasteiger partial charge in [-0.25, -0.2) is 0 Å². The molecule has 2 amide bonds. The van der Waals surface area contributed by atoms with Gasteiger partial charge in [0.05, 0.1) is 19.3 Å². The summed E-state index contributed by atoms with van der Waals surface area (Å²) in [7, 11) is 3.12. The van der Waals surface area contributed by atoms with E-state index in [2.05, 4.69) is 54.1 Å². The van der Waals surface area contributed by atoms with Crippen molar-refractivity contribution in [2.24, 2.45) is 0 Å². The van der Waals surface area contributed by atoms with Crippen LogP contribution in [0.5, 0.6) is 5.75 Å². The van der Waals surface area contributed by atoms with E-state index >= 15 is 0 Å². The summed E-state index contributed by atoms with van der Waals surface area (Å²) in [6.45, 7) is 5.00. The van der Waals surface area contributed by atoms with Crippen molar-refractivity contribution in [3.8, 4) is 5.75 Å². The lowest BCUT2D eigenvalue weighted by Gasteiger charge is -2.13. The Bertz CT molecular complexity index is 801. The van der Waals surface area contributed by atoms with Crippen LogP contribution in [-0.2, 0) is 11.2 Å². The van der Waals surface area contributed by atoms with Crippen LogP contribution < -0.4 is 20.7 Å². The number of carbonyl (C=O) groups excluding carboxylic acids is 2. The molecule has 28 heavy (non-hydrogen) atoms. The van der Waals surface area contributed by atoms with E-state index in [-0.39, 0.29) is 18.4 Å². The first-order valence-corrected chi connectivity index (χ1v) is 9.44. The summed E-state index contributed by atoms with van der Waals surface area (Å²) >= 11 is 0. The number of carbonyl (C=O) groups is 2. The Labute approximate surface area is 166 Å². The van der Waals surface area contributed by atoms with E-state index in [9.17, 15) is 9.59 Å². The van der Waals surface area contributed by atoms with Crippen molar-refractivity contribution in [1.82, 2.24) is 10.6 Å². The highest BCUT2D eigenvalue weighted by Crippen LogP contribution is 2.25. The van der Waals surface area contributed by atoms with Gasteiger partial charge in [-0.2, -0.15) is 0 Å². The molecule has 2 aromatic carbocycles. The first-order chi connectivity index (χ1) is 13.4. The fraction of sp³-hybridized carbons (Fsp3) is 0.364. The third-order valence-corrected chi connectivity index (χ3v) is 4.51. The average Bonchev–Trinajstić information content (AvgIpc) is 2.71. The fourth-order valence-corrected chi connectivity index (χ4v) is 2.79. The zero-order chi connectivity index (χ0) is 20.5. The fourth-order valence-electron chi connectivity index (χ4n) is 2.79. The molecule has 6 nitrogen and oxygen atoms in total. The van der Waals surface area contributed by atoms with E-state index in [1.54, 1.807) is 32.4 Å². The van der Waals surface area contributed by atoms with Crippen LogP contribution in [0.25, 0.3) is 0 Å². The van der Waals surface area contributed by atoms with E-state index in [1.165, 1.54) is 11.1 Å². The summed E-state index contributed by atoms with van der Waals surface area (Å²) in [4.78, 5) is 23.9. The molecule has 0 unspecified atom stereocenters. The number of anilines is 1. The summed E-state index contributed by atoms with van der Waals surface area (Å²) in [5.41, 5.74) is 3.60. The summed E-state index contributed by atoms with van der Waals surface area (Å²) < 4.78 is 5.29. The number of ether oxygens (including phenoxy) is 1. The third-order valence-electron chi connectivity index (χ3n) is 4.51. The van der Waals surface area contributed by atoms with Gasteiger partial charge in [-0.3, -0.25) is 9.59 Å². The van der Waals surface area contributed by atoms with Gasteiger partial charge in [-0.05, 0) is 41.7 Å². The molecular formula is C22H29N3O3. The molecule has 0 aromatic heterocycles. The quantitative estimate of drug-likeness (QED) is 0.622. The Morgan fingerprint density at radius 1 is 1.07 bits per heavy atom. The molecule has 0 heterocycles. The van der Waals surface area contributed by atoms with Crippen molar-refractivity contribution >= 4 is 17.5 Å². The highest BCUT2D eigenvalue weighted by Gasteiger charge is 2.10. The normalized spacial score (nSPS) is 10.5. The summed E-state index contributed by atoms with van der Waals surface area (Å²) in [5.74, 6) is 0.772. The zero-order valence-electron chi connectivity index (χ0n) is 17.0. The lowest BCUT2D eigenvalue weighted by atomic mass is 10.0. The smallest absolute Gasteiger partial charge is 0.251 e. The number of methoxy groups -OCH3 is 1. The van der Waals surface area contributed by atoms with E-state index in [0.29, 0.717) is 29.5 Å². The lowest BCUT2D eigenvalue weighted by Crippen LogP contribution is -2.31. The van der Waals surface area contributed by atoms with Gasteiger partial charge in [-0.15, -0.1) is 0 Å². The number of nitrogens with one attached hydrogen (secondary N) is 3. The van der Waals surface area contributed by atoms with Crippen LogP contribution in [0.15, 0.2) is 42.5 Å². The van der Waals surface area contributed by atoms with Crippen LogP contribution in [0, 0.1) is 0 Å². The summed E-state index contributed by atoms with van der Waals surface area (Å²) in [5, 5.41) is 8.52. The number of rotatable bonds is 9. The maximum absolute atomic E-state index is 12.1. The molecule has 0 saturated carbocycles. The second-order valence-electron chi connectivity index (χ2n) is 6.84. The molecule has 0 spiro atoms. The molecule has 0 aliphatic heterocycles. The minimum Gasteiger partial charge on any atom is -0.495 e. The molecule has 3 N–H and O–H groups in total. The topological polar surface area (TPSA) is 79.5 Å². The first-order valence-electron chi connectivity index (χ1n) is 9.44. The summed E-state index contributed by atoms with van der Waals surface area (Å²) in [6, 6.07) is 13.5. The number of amides is 2. The number of benzene rings is 2. The van der Waals surface area contributed by atoms with Crippen LogP contribution >= 0.6 is 0 Å². The highest BCUT2D eigenvalue weighted by molar-refractivity contribution is 5.95. The van der Waals surface area contributed by atoms with Crippen LogP contribution in [0.4, 0.5) is 5.69 Å². The number of hydrogen-bond acceptors (Lipinski definition) is 4. The Morgan fingerprint density at radius 3 is 2.39 bits per heavy atom. The molecule has 6 heteroatoms. The molecule has 150 valence electrons. The van der Waals surface area contributed by atoms with Gasteiger partial charge >= 0.3 is 0 Å². The average molecular weight is 383 g/mol. The second kappa shape index (κ2) is 10.3. The van der Waals surface area contributed by atoms with Gasteiger partial charge in [0.2, 0.25) is 5.91 Å². The predicted molar refractivity (Wildman–Crippen MR) is 112 cm³/mol. The molecule has 0 saturated heterocycles. The largest absolute Gasteiger partial charge is 0.495 e. The SMILES string of the molecule is CNC(=O)c1ccc(OC)c(NCC(=O)NCCc2ccc(C(C)C)cc2)c1. The van der Waals surface area contributed by atoms with Crippen molar-refractivity contribution in [2.45, 2.75) is 26.2 Å². The third kappa shape index (κ3) is 6.01. The second-order valence-corrected chi connectivity index (χ2v) is 6.84. The Hall–Kier alpha value is -3.02. The first kappa shape index (κ1) is 21.3. The standard InChI is InChI=1S/C22H29N3O3/c1-15(2)17-7-5-16(6-8-17)11-12-24-21(26)14-25-19-13-18(22(27)23-3)9-10-20(19)28-4/h5-10,13,15,25H,11-12,14H2,1-4H3,(H,23,27)(H,24,26). The lowest BCUT2D eigenvalue weighted by molar-refractivity contribution is -0.119. The molecule has 0 fully saturated rings. The van der Waals surface area contributed by atoms with Gasteiger partial charge in [0.15, 0.2) is 0 Å². The van der Waals surface area contributed by atoms with Crippen LogP contribution in [0.3, 0.4) is 0 Å². The minimum atomic E-state index is -0.196. The summed E-state index contributed by atoms with van der Waals surface area (Å²) in [6.07, 6.45) is 0.777. The number of hydrogen-bond donors (Lipinski definition) is 3. The highest BCUT2D eigenvalue weighted by atomic mass is 16.5. The predicted octanol–water partition coefficient (Wildman–Crippen LogP) is 2.95.